The Hall–Kier alpha value is -3.91. The number of nitrogens with one attached hydrogen (secondary N) is 2. The van der Waals surface area contributed by atoms with Crippen molar-refractivity contribution in [1.29, 1.82) is 0 Å². The first-order chi connectivity index (χ1) is 15.7. The molecule has 5 aromatic rings. The van der Waals surface area contributed by atoms with Crippen LogP contribution in [0, 0.1) is 0 Å². The number of nitrogens with zero attached hydrogens (tertiary/aromatic N) is 5. The average molecular weight is 425 g/mol. The lowest BCUT2D eigenvalue weighted by Crippen LogP contribution is -2.44. The maximum atomic E-state index is 5.94. The standard InChI is InChI=1S/C24H24N8/c1-31-4-6-32(7-5-31)23-14-27-13-22-18(23)10-21(28-22)24-19-9-15(2-3-20(19)29-30-24)16-8-17(25)12-26-11-16/h2-3,8-14,28H,4-7,25H2,1H3,(H,29,30). The predicted octanol–water partition coefficient (Wildman–Crippen LogP) is 3.50. The molecule has 1 aliphatic heterocycles. The lowest BCUT2D eigenvalue weighted by molar-refractivity contribution is 0.313. The van der Waals surface area contributed by atoms with Crippen molar-refractivity contribution in [2.24, 2.45) is 0 Å². The molecule has 0 radical (unpaired) electrons. The third-order valence-corrected chi connectivity index (χ3v) is 6.28. The van der Waals surface area contributed by atoms with E-state index >= 15 is 0 Å². The summed E-state index contributed by atoms with van der Waals surface area (Å²) in [7, 11) is 2.17. The number of likely N-dealkylation sites (N-methyl/N-ethyl adjacent to an activating group) is 1. The second kappa shape index (κ2) is 7.35. The van der Waals surface area contributed by atoms with Crippen molar-refractivity contribution in [2.45, 2.75) is 0 Å². The van der Waals surface area contributed by atoms with Crippen LogP contribution >= 0.6 is 0 Å². The average Bonchev–Trinajstić information content (AvgIpc) is 3.43. The Balaban J connectivity index is 1.44. The van der Waals surface area contributed by atoms with Crippen LogP contribution in [-0.4, -0.2) is 63.3 Å². The smallest absolute Gasteiger partial charge is 0.116 e. The number of rotatable bonds is 3. The maximum absolute atomic E-state index is 5.94. The Morgan fingerprint density at radius 3 is 2.53 bits per heavy atom. The second-order valence-corrected chi connectivity index (χ2v) is 8.43. The predicted molar refractivity (Wildman–Crippen MR) is 129 cm³/mol. The summed E-state index contributed by atoms with van der Waals surface area (Å²) in [6, 6.07) is 10.4. The van der Waals surface area contributed by atoms with E-state index in [1.54, 1.807) is 6.20 Å². The van der Waals surface area contributed by atoms with Crippen molar-refractivity contribution in [3.05, 3.63) is 55.1 Å². The summed E-state index contributed by atoms with van der Waals surface area (Å²) in [6.07, 6.45) is 7.34. The van der Waals surface area contributed by atoms with Gasteiger partial charge in [-0.2, -0.15) is 5.10 Å². The largest absolute Gasteiger partial charge is 0.397 e. The summed E-state index contributed by atoms with van der Waals surface area (Å²) in [5, 5.41) is 10.0. The Kier molecular flexibility index (Phi) is 4.32. The monoisotopic (exact) mass is 424 g/mol. The minimum atomic E-state index is 0.648. The molecule has 4 N–H and O–H groups in total. The van der Waals surface area contributed by atoms with Gasteiger partial charge in [-0.1, -0.05) is 6.07 Å². The van der Waals surface area contributed by atoms with E-state index in [4.69, 9.17) is 5.73 Å². The highest BCUT2D eigenvalue weighted by atomic mass is 15.2. The van der Waals surface area contributed by atoms with E-state index in [0.717, 1.165) is 65.1 Å². The van der Waals surface area contributed by atoms with Crippen LogP contribution in [0.3, 0.4) is 0 Å². The zero-order valence-electron chi connectivity index (χ0n) is 17.8. The third kappa shape index (κ3) is 3.16. The normalized spacial score (nSPS) is 15.1. The first-order valence-corrected chi connectivity index (χ1v) is 10.8. The molecule has 32 heavy (non-hydrogen) atoms. The number of nitrogens with two attached hydrogens (primary N) is 1. The molecule has 0 unspecified atom stereocenters. The van der Waals surface area contributed by atoms with Gasteiger partial charge < -0.3 is 20.5 Å². The van der Waals surface area contributed by atoms with Gasteiger partial charge in [-0.15, -0.1) is 0 Å². The van der Waals surface area contributed by atoms with Crippen LogP contribution in [0.5, 0.6) is 0 Å². The molecule has 5 heterocycles. The zero-order chi connectivity index (χ0) is 21.7. The van der Waals surface area contributed by atoms with Crippen molar-refractivity contribution in [3.63, 3.8) is 0 Å². The summed E-state index contributed by atoms with van der Waals surface area (Å²) in [4.78, 5) is 17.0. The molecule has 1 saturated heterocycles. The molecule has 0 atom stereocenters. The van der Waals surface area contributed by atoms with Gasteiger partial charge in [-0.05, 0) is 36.9 Å². The van der Waals surface area contributed by atoms with E-state index in [2.05, 4.69) is 60.2 Å². The van der Waals surface area contributed by atoms with Crippen molar-refractivity contribution >= 4 is 33.2 Å². The van der Waals surface area contributed by atoms with Crippen LogP contribution in [-0.2, 0) is 0 Å². The molecule has 8 nitrogen and oxygen atoms in total. The summed E-state index contributed by atoms with van der Waals surface area (Å²) >= 11 is 0. The van der Waals surface area contributed by atoms with Crippen LogP contribution in [0.15, 0.2) is 55.1 Å². The van der Waals surface area contributed by atoms with E-state index < -0.39 is 0 Å². The molecule has 1 fully saturated rings. The fraction of sp³-hybridized carbons (Fsp3) is 0.208. The maximum Gasteiger partial charge on any atom is 0.116 e. The summed E-state index contributed by atoms with van der Waals surface area (Å²) in [6.45, 7) is 4.11. The van der Waals surface area contributed by atoms with Gasteiger partial charge in [0.25, 0.3) is 0 Å². The van der Waals surface area contributed by atoms with E-state index in [9.17, 15) is 0 Å². The number of H-pyrrole nitrogens is 2. The summed E-state index contributed by atoms with van der Waals surface area (Å²) in [5.41, 5.74) is 13.6. The number of piperazine rings is 1. The number of benzene rings is 1. The topological polar surface area (TPSA) is 103 Å². The molecule has 0 saturated carbocycles. The second-order valence-electron chi connectivity index (χ2n) is 8.43. The third-order valence-electron chi connectivity index (χ3n) is 6.28. The minimum absolute atomic E-state index is 0.648. The molecule has 0 amide bonds. The zero-order valence-corrected chi connectivity index (χ0v) is 17.8. The van der Waals surface area contributed by atoms with Crippen LogP contribution < -0.4 is 10.6 Å². The van der Waals surface area contributed by atoms with Crippen molar-refractivity contribution in [2.75, 3.05) is 43.9 Å². The van der Waals surface area contributed by atoms with Crippen molar-refractivity contribution in [3.8, 4) is 22.5 Å². The molecule has 160 valence electrons. The van der Waals surface area contributed by atoms with Gasteiger partial charge in [0.2, 0.25) is 0 Å². The summed E-state index contributed by atoms with van der Waals surface area (Å²) < 4.78 is 0. The van der Waals surface area contributed by atoms with Crippen LogP contribution in [0.25, 0.3) is 44.3 Å². The number of anilines is 2. The van der Waals surface area contributed by atoms with Gasteiger partial charge in [0.1, 0.15) is 5.69 Å². The molecule has 4 aromatic heterocycles. The van der Waals surface area contributed by atoms with E-state index in [1.807, 2.05) is 30.7 Å². The molecule has 0 aliphatic carbocycles. The highest BCUT2D eigenvalue weighted by Crippen LogP contribution is 2.34. The quantitative estimate of drug-likeness (QED) is 0.410. The number of pyridine rings is 2. The highest BCUT2D eigenvalue weighted by Gasteiger charge is 2.19. The van der Waals surface area contributed by atoms with Crippen LogP contribution in [0.2, 0.25) is 0 Å². The number of hydrogen-bond donors (Lipinski definition) is 3. The van der Waals surface area contributed by atoms with E-state index in [1.165, 1.54) is 11.1 Å². The van der Waals surface area contributed by atoms with Gasteiger partial charge in [0.05, 0.1) is 40.5 Å². The van der Waals surface area contributed by atoms with E-state index in [0.29, 0.717) is 5.69 Å². The lowest BCUT2D eigenvalue weighted by atomic mass is 10.0. The van der Waals surface area contributed by atoms with Gasteiger partial charge in [0.15, 0.2) is 0 Å². The first kappa shape index (κ1) is 18.8. The number of hydrogen-bond acceptors (Lipinski definition) is 6. The van der Waals surface area contributed by atoms with Gasteiger partial charge in [-0.3, -0.25) is 15.1 Å². The molecule has 0 bridgehead atoms. The Bertz CT molecular complexity index is 1420. The summed E-state index contributed by atoms with van der Waals surface area (Å²) in [5.74, 6) is 0. The van der Waals surface area contributed by atoms with Crippen LogP contribution in [0.4, 0.5) is 11.4 Å². The number of aromatic nitrogens is 5. The van der Waals surface area contributed by atoms with Crippen molar-refractivity contribution < 1.29 is 0 Å². The highest BCUT2D eigenvalue weighted by molar-refractivity contribution is 6.00. The number of fused-ring (bicyclic) bond motifs is 2. The van der Waals surface area contributed by atoms with Crippen LogP contribution in [0.1, 0.15) is 0 Å². The molecule has 6 rings (SSSR count). The van der Waals surface area contributed by atoms with E-state index in [-0.39, 0.29) is 0 Å². The van der Waals surface area contributed by atoms with Gasteiger partial charge >= 0.3 is 0 Å². The SMILES string of the molecule is CN1CCN(c2cncc3[nH]c(-c4n[nH]c5ccc(-c6cncc(N)c6)cc45)cc23)CC1. The Morgan fingerprint density at radius 2 is 1.69 bits per heavy atom. The Morgan fingerprint density at radius 1 is 0.844 bits per heavy atom. The fourth-order valence-electron chi connectivity index (χ4n) is 4.48. The van der Waals surface area contributed by atoms with Gasteiger partial charge in [-0.25, -0.2) is 0 Å². The lowest BCUT2D eigenvalue weighted by Gasteiger charge is -2.34. The van der Waals surface area contributed by atoms with Gasteiger partial charge in [0, 0.05) is 54.9 Å². The molecule has 1 aromatic carbocycles. The molecule has 8 heteroatoms. The molecular weight excluding hydrogens is 400 g/mol. The molecular formula is C24H24N8. The fourth-order valence-corrected chi connectivity index (χ4v) is 4.48. The Labute approximate surface area is 185 Å². The molecule has 1 aliphatic rings. The first-order valence-electron chi connectivity index (χ1n) is 10.8. The van der Waals surface area contributed by atoms with Crippen molar-refractivity contribution in [1.82, 2.24) is 30.0 Å². The number of aromatic amines is 2. The molecule has 0 spiro atoms. The minimum Gasteiger partial charge on any atom is -0.397 e. The number of nitrogen functional groups attached to an aromatic ring is 1.